The molecule has 0 radical (unpaired) electrons. The van der Waals surface area contributed by atoms with E-state index < -0.39 is 0 Å². The molecule has 1 heterocycles. The third-order valence-electron chi connectivity index (χ3n) is 1.93. The minimum absolute atomic E-state index is 0.453. The second-order valence-electron chi connectivity index (χ2n) is 3.07. The lowest BCUT2D eigenvalue weighted by molar-refractivity contribution is 0.374. The van der Waals surface area contributed by atoms with E-state index in [-0.39, 0.29) is 0 Å². The fourth-order valence-corrected chi connectivity index (χ4v) is 1.25. The van der Waals surface area contributed by atoms with Crippen molar-refractivity contribution in [1.82, 2.24) is 5.16 Å². The molecule has 0 spiro atoms. The minimum Gasteiger partial charge on any atom is -0.361 e. The summed E-state index contributed by atoms with van der Waals surface area (Å²) in [6.45, 7) is 0. The molecule has 0 aromatic carbocycles. The molecule has 0 atom stereocenters. The summed E-state index contributed by atoms with van der Waals surface area (Å²) in [5.41, 5.74) is 0.849. The van der Waals surface area contributed by atoms with Gasteiger partial charge in [0, 0.05) is 12.5 Å². The molecule has 1 aromatic heterocycles. The van der Waals surface area contributed by atoms with Crippen molar-refractivity contribution >= 4 is 11.6 Å². The van der Waals surface area contributed by atoms with Gasteiger partial charge in [-0.1, -0.05) is 5.16 Å². The summed E-state index contributed by atoms with van der Waals surface area (Å²) in [6.07, 6.45) is 3.73. The molecular weight excluding hydrogens is 162 g/mol. The second-order valence-corrected chi connectivity index (χ2v) is 3.33. The van der Waals surface area contributed by atoms with Gasteiger partial charge in [-0.25, -0.2) is 0 Å². The summed E-state index contributed by atoms with van der Waals surface area (Å²) < 4.78 is 5.07. The highest BCUT2D eigenvalue weighted by Crippen LogP contribution is 2.32. The van der Waals surface area contributed by atoms with Gasteiger partial charge >= 0.3 is 0 Å². The standard InChI is InChI=1S/C8H10ClNO/c9-5-7-4-8(11-10-7)3-6-1-2-6/h4,6H,1-3,5H2. The van der Waals surface area contributed by atoms with E-state index in [0.29, 0.717) is 5.88 Å². The molecule has 0 amide bonds. The molecule has 1 aliphatic rings. The van der Waals surface area contributed by atoms with Gasteiger partial charge in [-0.15, -0.1) is 11.6 Å². The first-order valence-corrected chi connectivity index (χ1v) is 4.42. The van der Waals surface area contributed by atoms with Gasteiger partial charge in [-0.2, -0.15) is 0 Å². The molecule has 2 rings (SSSR count). The number of alkyl halides is 1. The number of halogens is 1. The van der Waals surface area contributed by atoms with E-state index in [2.05, 4.69) is 5.16 Å². The van der Waals surface area contributed by atoms with Crippen molar-refractivity contribution in [1.29, 1.82) is 0 Å². The quantitative estimate of drug-likeness (QED) is 0.653. The number of rotatable bonds is 3. The molecule has 1 aromatic rings. The maximum atomic E-state index is 5.57. The van der Waals surface area contributed by atoms with Crippen LogP contribution in [0.25, 0.3) is 0 Å². The Bertz CT molecular complexity index is 242. The summed E-state index contributed by atoms with van der Waals surface area (Å²) in [5.74, 6) is 2.29. The fraction of sp³-hybridized carbons (Fsp3) is 0.625. The molecule has 0 saturated heterocycles. The Morgan fingerprint density at radius 1 is 1.64 bits per heavy atom. The van der Waals surface area contributed by atoms with Gasteiger partial charge in [0.2, 0.25) is 0 Å². The fourth-order valence-electron chi connectivity index (χ4n) is 1.12. The van der Waals surface area contributed by atoms with Crippen molar-refractivity contribution in [2.24, 2.45) is 5.92 Å². The van der Waals surface area contributed by atoms with Crippen LogP contribution in [-0.4, -0.2) is 5.16 Å². The highest BCUT2D eigenvalue weighted by molar-refractivity contribution is 6.16. The van der Waals surface area contributed by atoms with E-state index in [1.165, 1.54) is 12.8 Å². The first-order chi connectivity index (χ1) is 5.38. The Kier molecular flexibility index (Phi) is 1.86. The Morgan fingerprint density at radius 2 is 2.45 bits per heavy atom. The van der Waals surface area contributed by atoms with Crippen LogP contribution in [0.4, 0.5) is 0 Å². The second kappa shape index (κ2) is 2.86. The zero-order valence-electron chi connectivity index (χ0n) is 6.22. The highest BCUT2D eigenvalue weighted by Gasteiger charge is 2.23. The van der Waals surface area contributed by atoms with Crippen LogP contribution in [0.1, 0.15) is 24.3 Å². The van der Waals surface area contributed by atoms with E-state index in [1.807, 2.05) is 6.07 Å². The van der Waals surface area contributed by atoms with E-state index in [4.69, 9.17) is 16.1 Å². The maximum absolute atomic E-state index is 5.57. The van der Waals surface area contributed by atoms with E-state index in [0.717, 1.165) is 23.8 Å². The van der Waals surface area contributed by atoms with Crippen LogP contribution in [0.3, 0.4) is 0 Å². The van der Waals surface area contributed by atoms with Crippen molar-refractivity contribution in [3.8, 4) is 0 Å². The Hall–Kier alpha value is -0.500. The summed E-state index contributed by atoms with van der Waals surface area (Å²) in [7, 11) is 0. The lowest BCUT2D eigenvalue weighted by atomic mass is 10.2. The average Bonchev–Trinajstić information content (AvgIpc) is 2.68. The van der Waals surface area contributed by atoms with Gasteiger partial charge in [0.1, 0.15) is 5.76 Å². The minimum atomic E-state index is 0.453. The van der Waals surface area contributed by atoms with E-state index in [1.54, 1.807) is 0 Å². The topological polar surface area (TPSA) is 26.0 Å². The molecule has 0 aliphatic heterocycles. The van der Waals surface area contributed by atoms with Crippen LogP contribution in [0, 0.1) is 5.92 Å². The van der Waals surface area contributed by atoms with E-state index in [9.17, 15) is 0 Å². The molecule has 11 heavy (non-hydrogen) atoms. The van der Waals surface area contributed by atoms with Gasteiger partial charge in [-0.3, -0.25) is 0 Å². The third kappa shape index (κ3) is 1.74. The molecular formula is C8H10ClNO. The summed E-state index contributed by atoms with van der Waals surface area (Å²) >= 11 is 5.57. The van der Waals surface area contributed by atoms with Crippen LogP contribution in [-0.2, 0) is 12.3 Å². The molecule has 3 heteroatoms. The maximum Gasteiger partial charge on any atom is 0.137 e. The van der Waals surface area contributed by atoms with Gasteiger partial charge in [0.15, 0.2) is 0 Å². The van der Waals surface area contributed by atoms with Crippen LogP contribution < -0.4 is 0 Å². The lowest BCUT2D eigenvalue weighted by Gasteiger charge is -1.86. The Morgan fingerprint density at radius 3 is 3.00 bits per heavy atom. The zero-order valence-corrected chi connectivity index (χ0v) is 6.97. The van der Waals surface area contributed by atoms with Crippen LogP contribution in [0.2, 0.25) is 0 Å². The van der Waals surface area contributed by atoms with E-state index >= 15 is 0 Å². The van der Waals surface area contributed by atoms with Crippen LogP contribution in [0.15, 0.2) is 10.6 Å². The van der Waals surface area contributed by atoms with Gasteiger partial charge in [0.25, 0.3) is 0 Å². The first kappa shape index (κ1) is 7.17. The molecule has 2 nitrogen and oxygen atoms in total. The monoisotopic (exact) mass is 171 g/mol. The van der Waals surface area contributed by atoms with Gasteiger partial charge in [-0.05, 0) is 18.8 Å². The highest BCUT2D eigenvalue weighted by atomic mass is 35.5. The molecule has 1 aliphatic carbocycles. The molecule has 1 saturated carbocycles. The molecule has 1 fully saturated rings. The normalized spacial score (nSPS) is 17.2. The number of hydrogen-bond donors (Lipinski definition) is 0. The summed E-state index contributed by atoms with van der Waals surface area (Å²) in [6, 6.07) is 1.95. The smallest absolute Gasteiger partial charge is 0.137 e. The molecule has 0 unspecified atom stereocenters. The van der Waals surface area contributed by atoms with Crippen molar-refractivity contribution < 1.29 is 4.52 Å². The number of nitrogens with zero attached hydrogens (tertiary/aromatic N) is 1. The largest absolute Gasteiger partial charge is 0.361 e. The number of hydrogen-bond acceptors (Lipinski definition) is 2. The summed E-state index contributed by atoms with van der Waals surface area (Å²) in [5, 5.41) is 3.81. The van der Waals surface area contributed by atoms with Crippen molar-refractivity contribution in [2.45, 2.75) is 25.1 Å². The van der Waals surface area contributed by atoms with Gasteiger partial charge in [0.05, 0.1) is 11.6 Å². The molecule has 0 N–H and O–H groups in total. The Labute approximate surface area is 70.5 Å². The Balaban J connectivity index is 1.99. The average molecular weight is 172 g/mol. The van der Waals surface area contributed by atoms with Crippen molar-refractivity contribution in [3.05, 3.63) is 17.5 Å². The van der Waals surface area contributed by atoms with Crippen molar-refractivity contribution in [2.75, 3.05) is 0 Å². The predicted octanol–water partition coefficient (Wildman–Crippen LogP) is 2.37. The van der Waals surface area contributed by atoms with Gasteiger partial charge < -0.3 is 4.52 Å². The van der Waals surface area contributed by atoms with Crippen LogP contribution in [0.5, 0.6) is 0 Å². The zero-order chi connectivity index (χ0) is 7.68. The number of aromatic nitrogens is 1. The molecule has 60 valence electrons. The predicted molar refractivity (Wildman–Crippen MR) is 42.5 cm³/mol. The third-order valence-corrected chi connectivity index (χ3v) is 2.21. The molecule has 0 bridgehead atoms. The summed E-state index contributed by atoms with van der Waals surface area (Å²) in [4.78, 5) is 0. The lowest BCUT2D eigenvalue weighted by Crippen LogP contribution is -1.81. The van der Waals surface area contributed by atoms with Crippen LogP contribution >= 0.6 is 11.6 Å². The first-order valence-electron chi connectivity index (χ1n) is 3.89. The van der Waals surface area contributed by atoms with Crippen molar-refractivity contribution in [3.63, 3.8) is 0 Å². The SMILES string of the molecule is ClCc1cc(CC2CC2)on1.